The smallest absolute Gasteiger partial charge is 0.183 e. The number of hydrogen-bond donors (Lipinski definition) is 2. The van der Waals surface area contributed by atoms with Gasteiger partial charge in [0, 0.05) is 9.37 Å². The fraction of sp³-hybridized carbons (Fsp3) is 0.154. The summed E-state index contributed by atoms with van der Waals surface area (Å²) in [6, 6.07) is 6.31. The molecule has 0 spiro atoms. The molecule has 2 heterocycles. The fourth-order valence-electron chi connectivity index (χ4n) is 1.82. The number of hydrogen-bond acceptors (Lipinski definition) is 5. The van der Waals surface area contributed by atoms with Gasteiger partial charge in [-0.3, -0.25) is 0 Å². The lowest BCUT2D eigenvalue weighted by Gasteiger charge is -2.04. The van der Waals surface area contributed by atoms with Crippen LogP contribution in [0.2, 0.25) is 0 Å². The van der Waals surface area contributed by atoms with Crippen molar-refractivity contribution in [3.63, 3.8) is 0 Å². The molecule has 0 saturated carbocycles. The van der Waals surface area contributed by atoms with E-state index >= 15 is 0 Å². The Hall–Kier alpha value is -1.60. The Labute approximate surface area is 128 Å². The van der Waals surface area contributed by atoms with Crippen LogP contribution in [0.1, 0.15) is 12.5 Å². The minimum Gasteiger partial charge on any atom is -0.382 e. The van der Waals surface area contributed by atoms with Gasteiger partial charge in [-0.2, -0.15) is 0 Å². The van der Waals surface area contributed by atoms with Gasteiger partial charge in [-0.25, -0.2) is 15.0 Å². The maximum Gasteiger partial charge on any atom is 0.183 e. The van der Waals surface area contributed by atoms with E-state index in [9.17, 15) is 0 Å². The molecule has 3 N–H and O–H groups in total. The number of nitrogens with two attached hydrogens (primary N) is 1. The molecule has 2 aromatic heterocycles. The number of imidazole rings is 1. The molecule has 102 valence electrons. The van der Waals surface area contributed by atoms with Crippen LogP contribution in [0.15, 0.2) is 39.1 Å². The number of aryl methyl sites for hydroxylation is 1. The van der Waals surface area contributed by atoms with Gasteiger partial charge in [0.2, 0.25) is 0 Å². The molecule has 0 radical (unpaired) electrons. The van der Waals surface area contributed by atoms with Crippen molar-refractivity contribution in [2.45, 2.75) is 23.4 Å². The summed E-state index contributed by atoms with van der Waals surface area (Å²) in [5.41, 5.74) is 8.35. The Balaban J connectivity index is 1.99. The zero-order valence-electron chi connectivity index (χ0n) is 10.7. The van der Waals surface area contributed by atoms with E-state index < -0.39 is 0 Å². The normalized spacial score (nSPS) is 11.1. The summed E-state index contributed by atoms with van der Waals surface area (Å²) in [4.78, 5) is 16.7. The van der Waals surface area contributed by atoms with Crippen LogP contribution in [0, 0.1) is 0 Å². The highest BCUT2D eigenvalue weighted by molar-refractivity contribution is 9.10. The van der Waals surface area contributed by atoms with Crippen LogP contribution in [0.5, 0.6) is 0 Å². The number of halogens is 1. The minimum absolute atomic E-state index is 0.413. The number of aromatic amines is 1. The summed E-state index contributed by atoms with van der Waals surface area (Å²) < 4.78 is 1.04. The first-order valence-electron chi connectivity index (χ1n) is 6.10. The maximum atomic E-state index is 5.80. The van der Waals surface area contributed by atoms with Crippen molar-refractivity contribution in [1.82, 2.24) is 19.9 Å². The van der Waals surface area contributed by atoms with Gasteiger partial charge in [0.15, 0.2) is 16.6 Å². The van der Waals surface area contributed by atoms with Gasteiger partial charge in [-0.1, -0.05) is 24.8 Å². The summed E-state index contributed by atoms with van der Waals surface area (Å²) in [5.74, 6) is 0.413. The van der Waals surface area contributed by atoms with Crippen LogP contribution in [-0.4, -0.2) is 19.9 Å². The number of benzene rings is 1. The van der Waals surface area contributed by atoms with Crippen LogP contribution in [-0.2, 0) is 6.42 Å². The highest BCUT2D eigenvalue weighted by Crippen LogP contribution is 2.33. The molecule has 20 heavy (non-hydrogen) atoms. The molecule has 3 rings (SSSR count). The molecule has 0 saturated heterocycles. The van der Waals surface area contributed by atoms with E-state index in [-0.39, 0.29) is 0 Å². The standard InChI is InChI=1S/C13H12BrN5S/c1-2-7-3-4-8(14)9(5-7)20-13-18-10-11(15)16-6-17-12(10)19-13/h3-6H,2H2,1H3,(H3,15,16,17,18,19). The Morgan fingerprint density at radius 1 is 1.35 bits per heavy atom. The predicted octanol–water partition coefficient (Wildman–Crippen LogP) is 3.41. The average molecular weight is 350 g/mol. The topological polar surface area (TPSA) is 80.5 Å². The van der Waals surface area contributed by atoms with Crippen molar-refractivity contribution in [2.75, 3.05) is 5.73 Å². The van der Waals surface area contributed by atoms with Gasteiger partial charge in [0.1, 0.15) is 11.8 Å². The molecule has 5 nitrogen and oxygen atoms in total. The number of fused-ring (bicyclic) bond motifs is 1. The molecule has 0 unspecified atom stereocenters. The number of H-pyrrole nitrogens is 1. The van der Waals surface area contributed by atoms with E-state index in [1.807, 2.05) is 0 Å². The number of aromatic nitrogens is 4. The van der Waals surface area contributed by atoms with E-state index in [0.29, 0.717) is 17.0 Å². The number of nitrogen functional groups attached to an aromatic ring is 1. The molecular weight excluding hydrogens is 338 g/mol. The Morgan fingerprint density at radius 3 is 2.95 bits per heavy atom. The third-order valence-electron chi connectivity index (χ3n) is 2.91. The van der Waals surface area contributed by atoms with Gasteiger partial charge in [0.25, 0.3) is 0 Å². The summed E-state index contributed by atoms with van der Waals surface area (Å²) in [7, 11) is 0. The highest BCUT2D eigenvalue weighted by Gasteiger charge is 2.10. The van der Waals surface area contributed by atoms with E-state index in [1.54, 1.807) is 11.8 Å². The van der Waals surface area contributed by atoms with Crippen LogP contribution < -0.4 is 5.73 Å². The Bertz CT molecular complexity index is 771. The van der Waals surface area contributed by atoms with Crippen LogP contribution >= 0.6 is 27.7 Å². The summed E-state index contributed by atoms with van der Waals surface area (Å²) in [6.07, 6.45) is 2.42. The number of rotatable bonds is 3. The molecule has 3 aromatic rings. The zero-order chi connectivity index (χ0) is 14.1. The zero-order valence-corrected chi connectivity index (χ0v) is 13.1. The first kappa shape index (κ1) is 13.4. The van der Waals surface area contributed by atoms with Crippen LogP contribution in [0.3, 0.4) is 0 Å². The second kappa shape index (κ2) is 5.41. The predicted molar refractivity (Wildman–Crippen MR) is 83.7 cm³/mol. The molecule has 1 aromatic carbocycles. The number of nitrogens with zero attached hydrogens (tertiary/aromatic N) is 3. The molecule has 0 fully saturated rings. The maximum absolute atomic E-state index is 5.80. The van der Waals surface area contributed by atoms with Crippen molar-refractivity contribution in [3.8, 4) is 0 Å². The molecule has 0 bridgehead atoms. The third kappa shape index (κ3) is 2.51. The highest BCUT2D eigenvalue weighted by atomic mass is 79.9. The van der Waals surface area contributed by atoms with Crippen molar-refractivity contribution >= 4 is 44.7 Å². The lowest BCUT2D eigenvalue weighted by molar-refractivity contribution is 1.06. The monoisotopic (exact) mass is 349 g/mol. The van der Waals surface area contributed by atoms with Gasteiger partial charge in [-0.15, -0.1) is 0 Å². The first-order valence-corrected chi connectivity index (χ1v) is 7.70. The number of anilines is 1. The van der Waals surface area contributed by atoms with Crippen molar-refractivity contribution < 1.29 is 0 Å². The van der Waals surface area contributed by atoms with Gasteiger partial charge in [-0.05, 0) is 40.0 Å². The molecule has 0 aliphatic heterocycles. The molecule has 0 amide bonds. The molecule has 0 aliphatic rings. The summed E-state index contributed by atoms with van der Waals surface area (Å²) in [5, 5.41) is 0.751. The van der Waals surface area contributed by atoms with Crippen LogP contribution in [0.4, 0.5) is 5.82 Å². The van der Waals surface area contributed by atoms with Gasteiger partial charge < -0.3 is 10.7 Å². The second-order valence-corrected chi connectivity index (χ2v) is 6.10. The second-order valence-electron chi connectivity index (χ2n) is 4.22. The fourth-order valence-corrected chi connectivity index (χ4v) is 3.18. The molecule has 0 aliphatic carbocycles. The molecular formula is C13H12BrN5S. The largest absolute Gasteiger partial charge is 0.382 e. The van der Waals surface area contributed by atoms with Crippen molar-refractivity contribution in [3.05, 3.63) is 34.6 Å². The lowest BCUT2D eigenvalue weighted by Crippen LogP contribution is -1.91. The lowest BCUT2D eigenvalue weighted by atomic mass is 10.2. The van der Waals surface area contributed by atoms with Crippen molar-refractivity contribution in [2.24, 2.45) is 0 Å². The average Bonchev–Trinajstić information content (AvgIpc) is 2.85. The van der Waals surface area contributed by atoms with E-state index in [0.717, 1.165) is 20.9 Å². The summed E-state index contributed by atoms with van der Waals surface area (Å²) >= 11 is 5.10. The van der Waals surface area contributed by atoms with Crippen LogP contribution in [0.25, 0.3) is 11.2 Å². The third-order valence-corrected chi connectivity index (χ3v) is 4.80. The quantitative estimate of drug-likeness (QED) is 0.757. The number of nitrogens with one attached hydrogen (secondary N) is 1. The van der Waals surface area contributed by atoms with Gasteiger partial charge in [0.05, 0.1) is 0 Å². The first-order chi connectivity index (χ1) is 9.67. The molecule has 0 atom stereocenters. The van der Waals surface area contributed by atoms with E-state index in [1.165, 1.54) is 11.9 Å². The Morgan fingerprint density at radius 2 is 2.20 bits per heavy atom. The molecule has 7 heteroatoms. The minimum atomic E-state index is 0.413. The van der Waals surface area contributed by atoms with E-state index in [2.05, 4.69) is 61.0 Å². The Kier molecular flexibility index (Phi) is 3.62. The summed E-state index contributed by atoms with van der Waals surface area (Å²) in [6.45, 7) is 2.13. The SMILES string of the molecule is CCc1ccc(Br)c(Sc2nc3ncnc(N)c3[nH]2)c1. The van der Waals surface area contributed by atoms with Crippen molar-refractivity contribution in [1.29, 1.82) is 0 Å². The van der Waals surface area contributed by atoms with Gasteiger partial charge >= 0.3 is 0 Å². The van der Waals surface area contributed by atoms with E-state index in [4.69, 9.17) is 5.73 Å².